The van der Waals surface area contributed by atoms with Gasteiger partial charge in [0.15, 0.2) is 0 Å². The molecule has 3 nitrogen and oxygen atoms in total. The number of carbonyl (C=O) groups is 1. The van der Waals surface area contributed by atoms with Gasteiger partial charge in [-0.15, -0.1) is 0 Å². The number of rotatable bonds is 3. The van der Waals surface area contributed by atoms with Crippen molar-refractivity contribution in [1.82, 2.24) is 4.90 Å². The van der Waals surface area contributed by atoms with Gasteiger partial charge in [0, 0.05) is 19.1 Å². The van der Waals surface area contributed by atoms with Crippen LogP contribution < -0.4 is 0 Å². The van der Waals surface area contributed by atoms with Crippen LogP contribution in [0.2, 0.25) is 0 Å². The molecule has 16 heavy (non-hydrogen) atoms. The number of carboxylic acids is 1. The quantitative estimate of drug-likeness (QED) is 0.750. The average molecular weight is 225 g/mol. The summed E-state index contributed by atoms with van der Waals surface area (Å²) in [5.41, 5.74) is 0. The van der Waals surface area contributed by atoms with Crippen LogP contribution in [0.15, 0.2) is 0 Å². The van der Waals surface area contributed by atoms with Gasteiger partial charge in [-0.1, -0.05) is 19.8 Å². The summed E-state index contributed by atoms with van der Waals surface area (Å²) in [6.07, 6.45) is 7.09. The van der Waals surface area contributed by atoms with Crippen molar-refractivity contribution >= 4 is 5.97 Å². The zero-order valence-corrected chi connectivity index (χ0v) is 10.2. The molecule has 2 fully saturated rings. The molecule has 0 aromatic carbocycles. The number of aliphatic carboxylic acids is 1. The van der Waals surface area contributed by atoms with E-state index in [2.05, 4.69) is 11.8 Å². The molecule has 0 amide bonds. The molecule has 1 aliphatic carbocycles. The largest absolute Gasteiger partial charge is 0.481 e. The van der Waals surface area contributed by atoms with E-state index in [1.54, 1.807) is 0 Å². The van der Waals surface area contributed by atoms with Crippen molar-refractivity contribution in [3.05, 3.63) is 0 Å². The third-order valence-electron chi connectivity index (χ3n) is 4.19. The Morgan fingerprint density at radius 3 is 2.69 bits per heavy atom. The monoisotopic (exact) mass is 225 g/mol. The first-order valence-corrected chi connectivity index (χ1v) is 6.61. The Balaban J connectivity index is 1.72. The predicted molar refractivity (Wildman–Crippen MR) is 63.4 cm³/mol. The number of hydrogen-bond acceptors (Lipinski definition) is 2. The van der Waals surface area contributed by atoms with Crippen LogP contribution in [-0.2, 0) is 4.79 Å². The van der Waals surface area contributed by atoms with Crippen molar-refractivity contribution in [2.45, 2.75) is 51.5 Å². The SMILES string of the molecule is CC1CCCC(N2CC(CC(=O)O)C2)CC1. The smallest absolute Gasteiger partial charge is 0.303 e. The molecule has 1 N–H and O–H groups in total. The van der Waals surface area contributed by atoms with Crippen LogP contribution in [-0.4, -0.2) is 35.1 Å². The summed E-state index contributed by atoms with van der Waals surface area (Å²) >= 11 is 0. The van der Waals surface area contributed by atoms with Crippen LogP contribution >= 0.6 is 0 Å². The van der Waals surface area contributed by atoms with E-state index in [4.69, 9.17) is 5.11 Å². The molecular formula is C13H23NO2. The van der Waals surface area contributed by atoms with Crippen molar-refractivity contribution in [3.63, 3.8) is 0 Å². The van der Waals surface area contributed by atoms with Crippen molar-refractivity contribution < 1.29 is 9.90 Å². The minimum atomic E-state index is -0.640. The van der Waals surface area contributed by atoms with Crippen molar-refractivity contribution in [2.75, 3.05) is 13.1 Å². The van der Waals surface area contributed by atoms with Gasteiger partial charge in [0.05, 0.1) is 6.42 Å². The van der Waals surface area contributed by atoms with Crippen molar-refractivity contribution in [1.29, 1.82) is 0 Å². The summed E-state index contributed by atoms with van der Waals surface area (Å²) in [7, 11) is 0. The van der Waals surface area contributed by atoms with Gasteiger partial charge >= 0.3 is 5.97 Å². The molecule has 2 atom stereocenters. The first kappa shape index (κ1) is 11.9. The van der Waals surface area contributed by atoms with Crippen molar-refractivity contribution in [2.24, 2.45) is 11.8 Å². The fourth-order valence-electron chi connectivity index (χ4n) is 3.12. The highest BCUT2D eigenvalue weighted by molar-refractivity contribution is 5.67. The highest BCUT2D eigenvalue weighted by Crippen LogP contribution is 2.30. The second kappa shape index (κ2) is 5.17. The van der Waals surface area contributed by atoms with Gasteiger partial charge in [0.1, 0.15) is 0 Å². The first-order chi connectivity index (χ1) is 7.65. The Hall–Kier alpha value is -0.570. The lowest BCUT2D eigenvalue weighted by atomic mass is 9.92. The fraction of sp³-hybridized carbons (Fsp3) is 0.923. The van der Waals surface area contributed by atoms with Gasteiger partial charge in [-0.3, -0.25) is 9.69 Å². The average Bonchev–Trinajstić information content (AvgIpc) is 2.36. The molecule has 3 heteroatoms. The molecular weight excluding hydrogens is 202 g/mol. The van der Waals surface area contributed by atoms with Gasteiger partial charge in [-0.25, -0.2) is 0 Å². The lowest BCUT2D eigenvalue weighted by Gasteiger charge is -2.44. The van der Waals surface area contributed by atoms with Crippen LogP contribution in [0.5, 0.6) is 0 Å². The number of carboxylic acid groups (broad SMARTS) is 1. The van der Waals surface area contributed by atoms with Crippen LogP contribution in [0.3, 0.4) is 0 Å². The maximum atomic E-state index is 10.6. The molecule has 1 saturated heterocycles. The van der Waals surface area contributed by atoms with Crippen LogP contribution in [0.4, 0.5) is 0 Å². The molecule has 1 saturated carbocycles. The Morgan fingerprint density at radius 2 is 2.00 bits per heavy atom. The molecule has 2 unspecified atom stereocenters. The maximum absolute atomic E-state index is 10.6. The molecule has 0 spiro atoms. The number of likely N-dealkylation sites (tertiary alicyclic amines) is 1. The van der Waals surface area contributed by atoms with Crippen LogP contribution in [0.25, 0.3) is 0 Å². The minimum Gasteiger partial charge on any atom is -0.481 e. The highest BCUT2D eigenvalue weighted by atomic mass is 16.4. The van der Waals surface area contributed by atoms with E-state index in [1.165, 1.54) is 32.1 Å². The molecule has 2 rings (SSSR count). The molecule has 1 aliphatic heterocycles. The molecule has 0 radical (unpaired) electrons. The summed E-state index contributed by atoms with van der Waals surface area (Å²) < 4.78 is 0. The van der Waals surface area contributed by atoms with E-state index in [0.717, 1.165) is 25.0 Å². The summed E-state index contributed by atoms with van der Waals surface area (Å²) in [4.78, 5) is 13.1. The van der Waals surface area contributed by atoms with Gasteiger partial charge in [0.25, 0.3) is 0 Å². The highest BCUT2D eigenvalue weighted by Gasteiger charge is 2.33. The zero-order chi connectivity index (χ0) is 11.5. The van der Waals surface area contributed by atoms with Crippen molar-refractivity contribution in [3.8, 4) is 0 Å². The van der Waals surface area contributed by atoms with E-state index in [1.807, 2.05) is 0 Å². The third-order valence-corrected chi connectivity index (χ3v) is 4.19. The maximum Gasteiger partial charge on any atom is 0.303 e. The molecule has 0 aromatic heterocycles. The molecule has 0 bridgehead atoms. The lowest BCUT2D eigenvalue weighted by molar-refractivity contribution is -0.139. The fourth-order valence-corrected chi connectivity index (χ4v) is 3.12. The Morgan fingerprint density at radius 1 is 1.25 bits per heavy atom. The van der Waals surface area contributed by atoms with Gasteiger partial charge in [0.2, 0.25) is 0 Å². The standard InChI is InChI=1S/C13H23NO2/c1-10-3-2-4-12(6-5-10)14-8-11(9-14)7-13(15)16/h10-12H,2-9H2,1H3,(H,15,16). The topological polar surface area (TPSA) is 40.5 Å². The van der Waals surface area contributed by atoms with E-state index in [9.17, 15) is 4.79 Å². The number of hydrogen-bond donors (Lipinski definition) is 1. The van der Waals surface area contributed by atoms with E-state index < -0.39 is 5.97 Å². The van der Waals surface area contributed by atoms with Gasteiger partial charge in [-0.05, 0) is 31.1 Å². The molecule has 92 valence electrons. The normalized spacial score (nSPS) is 33.1. The number of nitrogens with zero attached hydrogens (tertiary/aromatic N) is 1. The Labute approximate surface area is 97.8 Å². The molecule has 1 heterocycles. The Bertz CT molecular complexity index is 248. The Kier molecular flexibility index (Phi) is 3.85. The summed E-state index contributed by atoms with van der Waals surface area (Å²) in [5, 5.41) is 8.71. The summed E-state index contributed by atoms with van der Waals surface area (Å²) in [6, 6.07) is 0.745. The third kappa shape index (κ3) is 2.97. The van der Waals surface area contributed by atoms with Gasteiger partial charge < -0.3 is 5.11 Å². The zero-order valence-electron chi connectivity index (χ0n) is 10.2. The van der Waals surface area contributed by atoms with E-state index in [-0.39, 0.29) is 0 Å². The first-order valence-electron chi connectivity index (χ1n) is 6.61. The second-order valence-electron chi connectivity index (χ2n) is 5.69. The minimum absolute atomic E-state index is 0.361. The van der Waals surface area contributed by atoms with Crippen LogP contribution in [0.1, 0.15) is 45.4 Å². The molecule has 0 aromatic rings. The van der Waals surface area contributed by atoms with Gasteiger partial charge in [-0.2, -0.15) is 0 Å². The molecule has 2 aliphatic rings. The van der Waals surface area contributed by atoms with E-state index >= 15 is 0 Å². The summed E-state index contributed by atoms with van der Waals surface area (Å²) in [6.45, 7) is 4.39. The van der Waals surface area contributed by atoms with Crippen LogP contribution in [0, 0.1) is 11.8 Å². The second-order valence-corrected chi connectivity index (χ2v) is 5.69. The predicted octanol–water partition coefficient (Wildman–Crippen LogP) is 2.36. The summed E-state index contributed by atoms with van der Waals surface area (Å²) in [5.74, 6) is 0.665. The van der Waals surface area contributed by atoms with E-state index in [0.29, 0.717) is 12.3 Å². The lowest BCUT2D eigenvalue weighted by Crippen LogP contribution is -2.52.